The van der Waals surface area contributed by atoms with E-state index in [0.29, 0.717) is 0 Å². The fraction of sp³-hybridized carbons (Fsp3) is 0.333. The summed E-state index contributed by atoms with van der Waals surface area (Å²) in [6, 6.07) is 6.88. The molecule has 13 heteroatoms. The van der Waals surface area contributed by atoms with Gasteiger partial charge in [0.1, 0.15) is 47.7 Å². The Morgan fingerprint density at radius 3 is 2.49 bits per heavy atom. The van der Waals surface area contributed by atoms with Crippen LogP contribution in [0.1, 0.15) is 6.92 Å². The average molecular weight is 518 g/mol. The summed E-state index contributed by atoms with van der Waals surface area (Å²) in [5, 5.41) is 51.2. The van der Waals surface area contributed by atoms with Crippen LogP contribution < -0.4 is 19.6 Å². The summed E-state index contributed by atoms with van der Waals surface area (Å²) in [5.74, 6) is -1.91. The van der Waals surface area contributed by atoms with E-state index in [4.69, 9.17) is 28.1 Å². The van der Waals surface area contributed by atoms with Crippen molar-refractivity contribution in [2.75, 3.05) is 13.4 Å². The lowest BCUT2D eigenvalue weighted by atomic mass is 9.99. The average Bonchev–Trinajstić information content (AvgIpc) is 3.34. The number of ether oxygens (including phenoxy) is 5. The van der Waals surface area contributed by atoms with Crippen molar-refractivity contribution in [3.8, 4) is 40.1 Å². The number of aliphatic hydroxyl groups excluding tert-OH is 3. The Morgan fingerprint density at radius 2 is 1.78 bits per heavy atom. The minimum atomic E-state index is -1.84. The van der Waals surface area contributed by atoms with E-state index in [1.54, 1.807) is 0 Å². The third-order valence-electron chi connectivity index (χ3n) is 5.94. The second-order valence-corrected chi connectivity index (χ2v) is 8.40. The Bertz CT molecular complexity index is 1400. The van der Waals surface area contributed by atoms with E-state index in [0.717, 1.165) is 6.92 Å². The van der Waals surface area contributed by atoms with Gasteiger partial charge in [-0.05, 0) is 24.3 Å². The molecule has 2 aliphatic rings. The van der Waals surface area contributed by atoms with Crippen LogP contribution in [0, 0.1) is 0 Å². The monoisotopic (exact) mass is 518 g/mol. The van der Waals surface area contributed by atoms with Gasteiger partial charge < -0.3 is 53.6 Å². The molecule has 5 N–H and O–H groups in total. The third-order valence-corrected chi connectivity index (χ3v) is 5.94. The molecule has 3 heterocycles. The number of hydrogen-bond donors (Lipinski definition) is 5. The van der Waals surface area contributed by atoms with E-state index < -0.39 is 60.2 Å². The van der Waals surface area contributed by atoms with Gasteiger partial charge in [0.25, 0.3) is 0 Å². The molecule has 2 aliphatic heterocycles. The molecule has 0 radical (unpaired) electrons. The molecule has 37 heavy (non-hydrogen) atoms. The first-order valence-corrected chi connectivity index (χ1v) is 11.1. The summed E-state index contributed by atoms with van der Waals surface area (Å²) in [6.07, 6.45) is -8.30. The van der Waals surface area contributed by atoms with Crippen LogP contribution in [0.3, 0.4) is 0 Å². The summed E-state index contributed by atoms with van der Waals surface area (Å²) in [5.41, 5.74) is -0.685. The highest BCUT2D eigenvalue weighted by Crippen LogP contribution is 2.46. The SMILES string of the molecule is CC(=O)OCC1O[C@@H](Oc2c(-c3ccc(O)cc3)oc3cc4c(c(O)c3c2=O)OCO4)C(O)C(O)[C@@H]1O. The molecule has 0 saturated carbocycles. The van der Waals surface area contributed by atoms with Gasteiger partial charge in [-0.15, -0.1) is 0 Å². The van der Waals surface area contributed by atoms with Crippen LogP contribution in [0.15, 0.2) is 39.5 Å². The lowest BCUT2D eigenvalue weighted by Gasteiger charge is -2.39. The molecule has 0 amide bonds. The predicted octanol–water partition coefficient (Wildman–Crippen LogP) is 0.349. The second-order valence-electron chi connectivity index (χ2n) is 8.40. The number of fused-ring (bicyclic) bond motifs is 2. The minimum Gasteiger partial charge on any atom is -0.508 e. The highest BCUT2D eigenvalue weighted by Gasteiger charge is 2.46. The maximum Gasteiger partial charge on any atom is 0.302 e. The van der Waals surface area contributed by atoms with Crippen LogP contribution in [0.2, 0.25) is 0 Å². The van der Waals surface area contributed by atoms with Gasteiger partial charge >= 0.3 is 5.97 Å². The molecule has 5 rings (SSSR count). The van der Waals surface area contributed by atoms with Crippen LogP contribution in [-0.4, -0.2) is 75.6 Å². The van der Waals surface area contributed by atoms with Crippen molar-refractivity contribution in [2.45, 2.75) is 37.6 Å². The molecule has 1 saturated heterocycles. The summed E-state index contributed by atoms with van der Waals surface area (Å²) in [6.45, 7) is 0.478. The quantitative estimate of drug-likeness (QED) is 0.291. The molecule has 5 atom stereocenters. The summed E-state index contributed by atoms with van der Waals surface area (Å²) in [7, 11) is 0. The number of rotatable bonds is 5. The molecular weight excluding hydrogens is 496 g/mol. The van der Waals surface area contributed by atoms with Crippen molar-refractivity contribution in [1.29, 1.82) is 0 Å². The lowest BCUT2D eigenvalue weighted by molar-refractivity contribution is -0.278. The van der Waals surface area contributed by atoms with Crippen LogP contribution in [0.5, 0.6) is 28.7 Å². The van der Waals surface area contributed by atoms with Crippen molar-refractivity contribution < 1.29 is 58.4 Å². The standard InChI is InChI=1S/C24H22O13/c1-9(25)32-7-14-16(27)19(30)20(31)24(36-14)37-23-18(29)15-12(6-13-22(17(15)28)34-8-33-13)35-21(23)10-2-4-11(26)5-3-10/h2-6,14,16,19-20,24,26-28,30-31H,7-8H2,1H3/t14?,16-,19?,20?,24+/m1/s1. The first-order chi connectivity index (χ1) is 17.7. The Hall–Kier alpha value is -4.04. The fourth-order valence-corrected chi connectivity index (χ4v) is 4.05. The normalized spacial score (nSPS) is 24.7. The van der Waals surface area contributed by atoms with Crippen LogP contribution >= 0.6 is 0 Å². The number of carbonyl (C=O) groups is 1. The highest BCUT2D eigenvalue weighted by atomic mass is 16.7. The zero-order chi connectivity index (χ0) is 26.4. The highest BCUT2D eigenvalue weighted by molar-refractivity contribution is 5.91. The molecule has 3 aromatic rings. The van der Waals surface area contributed by atoms with Gasteiger partial charge in [0, 0.05) is 18.6 Å². The largest absolute Gasteiger partial charge is 0.508 e. The van der Waals surface area contributed by atoms with Gasteiger partial charge in [-0.1, -0.05) is 0 Å². The van der Waals surface area contributed by atoms with Gasteiger partial charge in [0.2, 0.25) is 30.0 Å². The molecule has 3 unspecified atom stereocenters. The second kappa shape index (κ2) is 9.44. The van der Waals surface area contributed by atoms with Crippen LogP contribution in [-0.2, 0) is 14.3 Å². The number of aromatic hydroxyl groups is 2. The maximum absolute atomic E-state index is 13.6. The Labute approximate surface area is 207 Å². The molecule has 0 aliphatic carbocycles. The van der Waals surface area contributed by atoms with Crippen LogP contribution in [0.4, 0.5) is 0 Å². The number of carbonyl (C=O) groups excluding carboxylic acids is 1. The zero-order valence-corrected chi connectivity index (χ0v) is 19.2. The van der Waals surface area contributed by atoms with Crippen molar-refractivity contribution in [3.05, 3.63) is 40.6 Å². The first kappa shape index (κ1) is 24.6. The topological polar surface area (TPSA) is 195 Å². The molecule has 2 aromatic carbocycles. The number of benzene rings is 2. The number of phenols is 2. The van der Waals surface area contributed by atoms with Gasteiger partial charge in [-0.2, -0.15) is 0 Å². The van der Waals surface area contributed by atoms with Gasteiger partial charge in [0.05, 0.1) is 0 Å². The predicted molar refractivity (Wildman–Crippen MR) is 121 cm³/mol. The number of phenolic OH excluding ortho intramolecular Hbond substituents is 2. The van der Waals surface area contributed by atoms with Crippen LogP contribution in [0.25, 0.3) is 22.3 Å². The number of esters is 1. The summed E-state index contributed by atoms with van der Waals surface area (Å²) < 4.78 is 32.5. The molecule has 1 aromatic heterocycles. The zero-order valence-electron chi connectivity index (χ0n) is 19.2. The molecule has 0 bridgehead atoms. The molecular formula is C24H22O13. The Morgan fingerprint density at radius 1 is 1.05 bits per heavy atom. The van der Waals surface area contributed by atoms with Crippen molar-refractivity contribution in [3.63, 3.8) is 0 Å². The first-order valence-electron chi connectivity index (χ1n) is 11.1. The lowest BCUT2D eigenvalue weighted by Crippen LogP contribution is -2.60. The Balaban J connectivity index is 1.62. The van der Waals surface area contributed by atoms with E-state index in [-0.39, 0.29) is 46.3 Å². The molecule has 196 valence electrons. The van der Waals surface area contributed by atoms with Crippen molar-refractivity contribution in [1.82, 2.24) is 0 Å². The van der Waals surface area contributed by atoms with Gasteiger partial charge in [-0.3, -0.25) is 9.59 Å². The number of hydrogen-bond acceptors (Lipinski definition) is 13. The fourth-order valence-electron chi connectivity index (χ4n) is 4.05. The molecule has 0 spiro atoms. The summed E-state index contributed by atoms with van der Waals surface area (Å²) in [4.78, 5) is 24.8. The van der Waals surface area contributed by atoms with Gasteiger partial charge in [-0.25, -0.2) is 0 Å². The van der Waals surface area contributed by atoms with Crippen molar-refractivity contribution >= 4 is 16.9 Å². The van der Waals surface area contributed by atoms with E-state index >= 15 is 0 Å². The van der Waals surface area contributed by atoms with E-state index in [1.807, 2.05) is 0 Å². The van der Waals surface area contributed by atoms with E-state index in [1.165, 1.54) is 30.3 Å². The summed E-state index contributed by atoms with van der Waals surface area (Å²) >= 11 is 0. The maximum atomic E-state index is 13.6. The minimum absolute atomic E-state index is 0.0631. The number of aliphatic hydroxyl groups is 3. The van der Waals surface area contributed by atoms with Crippen molar-refractivity contribution in [2.24, 2.45) is 0 Å². The third kappa shape index (κ3) is 4.38. The molecule has 1 fully saturated rings. The Kier molecular flexibility index (Phi) is 6.29. The van der Waals surface area contributed by atoms with Gasteiger partial charge in [0.15, 0.2) is 17.3 Å². The van der Waals surface area contributed by atoms with E-state index in [2.05, 4.69) is 0 Å². The van der Waals surface area contributed by atoms with E-state index in [9.17, 15) is 35.1 Å². The smallest absolute Gasteiger partial charge is 0.302 e. The molecule has 13 nitrogen and oxygen atoms in total.